The Morgan fingerprint density at radius 1 is 0.519 bits per heavy atom. The smallest absolute Gasteiger partial charge is 0.356 e. The summed E-state index contributed by atoms with van der Waals surface area (Å²) in [5.74, 6) is 2.94. The van der Waals surface area contributed by atoms with E-state index in [9.17, 15) is 9.59 Å². The number of benzene rings is 3. The molecule has 8 aromatic rings. The molecule has 2 N–H and O–H groups in total. The van der Waals surface area contributed by atoms with E-state index in [2.05, 4.69) is 75.8 Å². The lowest BCUT2D eigenvalue weighted by molar-refractivity contribution is -0.114. The zero-order chi connectivity index (χ0) is 56.9. The molecule has 0 atom stereocenters. The lowest BCUT2D eigenvalue weighted by Crippen LogP contribution is -2.08. The minimum atomic E-state index is -1.04. The molecule has 0 saturated heterocycles. The number of para-hydroxylation sites is 2. The molecule has 77 heavy (non-hydrogen) atoms. The van der Waals surface area contributed by atoms with Gasteiger partial charge in [-0.25, -0.2) is 23.5 Å². The van der Waals surface area contributed by atoms with E-state index in [0.717, 1.165) is 77.0 Å². The lowest BCUT2D eigenvalue weighted by atomic mass is 10.2. The van der Waals surface area contributed by atoms with Crippen molar-refractivity contribution in [2.45, 2.75) is 94.4 Å². The molecule has 8 rings (SSSR count). The molecule has 5 heterocycles. The zero-order valence-corrected chi connectivity index (χ0v) is 47.3. The molecule has 0 aliphatic carbocycles. The number of aromatic nitrogens is 10. The van der Waals surface area contributed by atoms with Gasteiger partial charge < -0.3 is 34.1 Å². The van der Waals surface area contributed by atoms with Crippen LogP contribution < -0.4 is 29.0 Å². The van der Waals surface area contributed by atoms with Gasteiger partial charge in [0.15, 0.2) is 17.2 Å². The van der Waals surface area contributed by atoms with Crippen LogP contribution in [0.15, 0.2) is 84.9 Å². The minimum absolute atomic E-state index is 0.0400. The number of nitriles is 1. The van der Waals surface area contributed by atoms with Crippen molar-refractivity contribution in [2.24, 2.45) is 14.1 Å². The third kappa shape index (κ3) is 14.7. The standard InChI is InChI=1S/C14H18N2O.C13H14N2O3.C13H16N2O.C9H15N3O2.C8H11N3O/c1-5-13-11(3)15-16(14(13)17-4)12-8-6-10(2)7-9-12;1-3-10-11(13(16)17)14-15(12(10)18-2)9-7-5-4-6-8-9;1-4-12-10(2)14-15(13(12)16-3)11-8-6-5-7-9-11;1-5-7-8(10-6(2)13)11-12(3)9(7)14-4;1-4-6-7(5-9)10-11(2)8(6)12-3/h6-9H,5H2,1-4H3;4-8H,3H2,1-2H3,(H,16,17);5-9H,4H2,1-3H3;5H2,1-4H3,(H,10,11,13);4H2,1-3H3. The largest absolute Gasteiger partial charge is 0.481 e. The van der Waals surface area contributed by atoms with Crippen molar-refractivity contribution in [3.63, 3.8) is 0 Å². The average Bonchev–Trinajstić information content (AvgIpc) is 4.25. The first-order valence-electron chi connectivity index (χ1n) is 25.2. The second-order valence-electron chi connectivity index (χ2n) is 17.0. The number of amides is 1. The van der Waals surface area contributed by atoms with Crippen molar-refractivity contribution in [1.29, 1.82) is 5.26 Å². The second kappa shape index (κ2) is 29.3. The Hall–Kier alpha value is -8.86. The molecule has 5 aromatic heterocycles. The number of ether oxygens (including phenoxy) is 5. The van der Waals surface area contributed by atoms with Crippen LogP contribution in [0.2, 0.25) is 0 Å². The van der Waals surface area contributed by atoms with E-state index >= 15 is 0 Å². The van der Waals surface area contributed by atoms with Gasteiger partial charge in [-0.05, 0) is 89.3 Å². The van der Waals surface area contributed by atoms with Crippen LogP contribution in [-0.2, 0) is 51.0 Å². The SMILES string of the molecule is CCc1c(C#N)nn(C)c1OC.CCc1c(C(=O)O)nn(-c2ccccc2)c1OC.CCc1c(C)nn(-c2ccc(C)cc2)c1OC.CCc1c(C)nn(-c2ccccc2)c1OC.CCc1c(NC(C)=O)nn(C)c1OC. The summed E-state index contributed by atoms with van der Waals surface area (Å²) in [6, 6.07) is 29.7. The molecule has 0 spiro atoms. The first-order chi connectivity index (χ1) is 37.0. The van der Waals surface area contributed by atoms with E-state index in [4.69, 9.17) is 34.1 Å². The van der Waals surface area contributed by atoms with Gasteiger partial charge in [0, 0.05) is 37.7 Å². The summed E-state index contributed by atoms with van der Waals surface area (Å²) in [5.41, 5.74) is 11.4. The maximum Gasteiger partial charge on any atom is 0.356 e. The molecule has 0 saturated carbocycles. The zero-order valence-electron chi connectivity index (χ0n) is 47.3. The predicted octanol–water partition coefficient (Wildman–Crippen LogP) is 9.77. The number of carboxylic acids is 1. The third-order valence-corrected chi connectivity index (χ3v) is 12.0. The Morgan fingerprint density at radius 2 is 0.896 bits per heavy atom. The van der Waals surface area contributed by atoms with Gasteiger partial charge in [0.1, 0.15) is 6.07 Å². The maximum atomic E-state index is 11.2. The van der Waals surface area contributed by atoms with Gasteiger partial charge in [0.25, 0.3) is 0 Å². The maximum absolute atomic E-state index is 11.2. The monoisotopic (exact) mass is 1050 g/mol. The molecular weight excluding hydrogens is 981 g/mol. The number of carbonyl (C=O) groups excluding carboxylic acids is 1. The number of carboxylic acid groups (broad SMARTS) is 1. The first-order valence-corrected chi connectivity index (χ1v) is 25.2. The van der Waals surface area contributed by atoms with Crippen molar-refractivity contribution in [3.8, 4) is 52.5 Å². The fourth-order valence-corrected chi connectivity index (χ4v) is 8.40. The molecule has 0 fully saturated rings. The number of aromatic carboxylic acids is 1. The highest BCUT2D eigenvalue weighted by molar-refractivity contribution is 5.89. The van der Waals surface area contributed by atoms with E-state index in [-0.39, 0.29) is 11.6 Å². The third-order valence-electron chi connectivity index (χ3n) is 12.0. The number of hydrogen-bond acceptors (Lipinski definition) is 13. The van der Waals surface area contributed by atoms with Crippen molar-refractivity contribution < 1.29 is 38.4 Å². The molecule has 20 nitrogen and oxygen atoms in total. The molecule has 0 radical (unpaired) electrons. The van der Waals surface area contributed by atoms with Crippen molar-refractivity contribution in [1.82, 2.24) is 48.9 Å². The van der Waals surface area contributed by atoms with Gasteiger partial charge in [0.2, 0.25) is 35.3 Å². The summed E-state index contributed by atoms with van der Waals surface area (Å²) in [6.07, 6.45) is 3.95. The molecular formula is C57H74N12O8. The molecule has 0 aliphatic rings. The van der Waals surface area contributed by atoms with Gasteiger partial charge in [-0.3, -0.25) is 4.79 Å². The van der Waals surface area contributed by atoms with Gasteiger partial charge in [-0.15, -0.1) is 0 Å². The Labute approximate surface area is 451 Å². The van der Waals surface area contributed by atoms with Crippen LogP contribution in [-0.4, -0.2) is 101 Å². The minimum Gasteiger partial charge on any atom is -0.481 e. The molecule has 3 aromatic carbocycles. The van der Waals surface area contributed by atoms with Crippen LogP contribution in [0.3, 0.4) is 0 Å². The number of anilines is 1. The number of hydrogen-bond donors (Lipinski definition) is 2. The Morgan fingerprint density at radius 3 is 1.27 bits per heavy atom. The molecule has 0 bridgehead atoms. The molecule has 20 heteroatoms. The molecule has 0 unspecified atom stereocenters. The van der Waals surface area contributed by atoms with E-state index < -0.39 is 5.97 Å². The highest BCUT2D eigenvalue weighted by atomic mass is 16.5. The van der Waals surface area contributed by atoms with Crippen LogP contribution in [0, 0.1) is 32.1 Å². The normalized spacial score (nSPS) is 10.2. The van der Waals surface area contributed by atoms with Crippen molar-refractivity contribution in [3.05, 3.63) is 141 Å². The fraction of sp³-hybridized carbons (Fsp3) is 0.368. The van der Waals surface area contributed by atoms with Crippen molar-refractivity contribution >= 4 is 17.7 Å². The van der Waals surface area contributed by atoms with Crippen LogP contribution >= 0.6 is 0 Å². The molecule has 0 aliphatic heterocycles. The molecule has 410 valence electrons. The van der Waals surface area contributed by atoms with Crippen LogP contribution in [0.1, 0.15) is 102 Å². The quantitative estimate of drug-likeness (QED) is 0.0975. The summed E-state index contributed by atoms with van der Waals surface area (Å²) in [5, 5.41) is 41.8. The average molecular weight is 1060 g/mol. The number of rotatable bonds is 15. The summed E-state index contributed by atoms with van der Waals surface area (Å²) >= 11 is 0. The molecule has 1 amide bonds. The van der Waals surface area contributed by atoms with Gasteiger partial charge in [-0.1, -0.05) is 88.7 Å². The summed E-state index contributed by atoms with van der Waals surface area (Å²) in [4.78, 5) is 22.1. The van der Waals surface area contributed by atoms with Gasteiger partial charge in [0.05, 0.1) is 75.1 Å². The summed E-state index contributed by atoms with van der Waals surface area (Å²) < 4.78 is 34.9. The van der Waals surface area contributed by atoms with Crippen LogP contribution in [0.25, 0.3) is 17.1 Å². The van der Waals surface area contributed by atoms with E-state index in [1.807, 2.05) is 111 Å². The van der Waals surface area contributed by atoms with Gasteiger partial charge in [-0.2, -0.15) is 35.4 Å². The van der Waals surface area contributed by atoms with E-state index in [0.29, 0.717) is 41.1 Å². The highest BCUT2D eigenvalue weighted by Gasteiger charge is 2.23. The number of nitrogens with one attached hydrogen (secondary N) is 1. The lowest BCUT2D eigenvalue weighted by Gasteiger charge is -2.07. The van der Waals surface area contributed by atoms with E-state index in [1.165, 1.54) is 35.4 Å². The van der Waals surface area contributed by atoms with Gasteiger partial charge >= 0.3 is 5.97 Å². The number of carbonyl (C=O) groups is 2. The number of aryl methyl sites for hydroxylation is 5. The summed E-state index contributed by atoms with van der Waals surface area (Å²) in [7, 11) is 11.6. The summed E-state index contributed by atoms with van der Waals surface area (Å²) in [6.45, 7) is 17.6. The van der Waals surface area contributed by atoms with Crippen molar-refractivity contribution in [2.75, 3.05) is 40.9 Å². The Balaban J connectivity index is 0.000000209. The topological polar surface area (TPSA) is 225 Å². The first kappa shape index (κ1) is 60.7. The Kier molecular flexibility index (Phi) is 23.1. The highest BCUT2D eigenvalue weighted by Crippen LogP contribution is 2.30. The van der Waals surface area contributed by atoms with E-state index in [1.54, 1.807) is 51.9 Å². The van der Waals surface area contributed by atoms with Crippen LogP contribution in [0.4, 0.5) is 5.82 Å². The fourth-order valence-electron chi connectivity index (χ4n) is 8.40. The second-order valence-corrected chi connectivity index (χ2v) is 17.0. The number of methoxy groups -OCH3 is 5. The Bertz CT molecular complexity index is 3200. The predicted molar refractivity (Wildman–Crippen MR) is 297 cm³/mol. The number of nitrogens with zero attached hydrogens (tertiary/aromatic N) is 11. The van der Waals surface area contributed by atoms with Crippen LogP contribution in [0.5, 0.6) is 29.4 Å².